The van der Waals surface area contributed by atoms with Crippen molar-refractivity contribution in [2.45, 2.75) is 58.0 Å². The Hall–Kier alpha value is -0.530. The summed E-state index contributed by atoms with van der Waals surface area (Å²) in [6, 6.07) is 9.36. The Balaban J connectivity index is 1.88. The van der Waals surface area contributed by atoms with Crippen molar-refractivity contribution < 1.29 is 0 Å². The van der Waals surface area contributed by atoms with E-state index in [0.717, 1.165) is 17.4 Å². The molecule has 1 aromatic carbocycles. The highest BCUT2D eigenvalue weighted by molar-refractivity contribution is 6.31. The summed E-state index contributed by atoms with van der Waals surface area (Å²) >= 11 is 6.21. The lowest BCUT2D eigenvalue weighted by Crippen LogP contribution is -2.43. The number of hydrogen-bond donors (Lipinski definition) is 1. The van der Waals surface area contributed by atoms with Crippen LogP contribution in [0.5, 0.6) is 0 Å². The fourth-order valence-electron chi connectivity index (χ4n) is 2.98. The monoisotopic (exact) mass is 265 g/mol. The van der Waals surface area contributed by atoms with Crippen LogP contribution in [-0.2, 0) is 6.42 Å². The number of hydrogen-bond acceptors (Lipinski definition) is 1. The topological polar surface area (TPSA) is 12.0 Å². The van der Waals surface area contributed by atoms with Crippen molar-refractivity contribution in [1.29, 1.82) is 0 Å². The van der Waals surface area contributed by atoms with E-state index in [4.69, 9.17) is 11.6 Å². The normalized spacial score (nSPS) is 25.9. The lowest BCUT2D eigenvalue weighted by molar-refractivity contribution is 0.262. The molecule has 0 amide bonds. The van der Waals surface area contributed by atoms with E-state index in [1.165, 1.54) is 31.2 Å². The zero-order valence-corrected chi connectivity index (χ0v) is 12.2. The standard InChI is InChI=1S/C16H24ClN/c1-12-7-3-6-10-16(12)18-13(2)11-14-8-4-5-9-15(14)17/h4-5,8-9,12-13,16,18H,3,6-7,10-11H2,1-2H3. The second kappa shape index (κ2) is 6.58. The lowest BCUT2D eigenvalue weighted by atomic mass is 9.85. The molecule has 1 aliphatic carbocycles. The largest absolute Gasteiger partial charge is 0.311 e. The minimum Gasteiger partial charge on any atom is -0.311 e. The highest BCUT2D eigenvalue weighted by Gasteiger charge is 2.22. The lowest BCUT2D eigenvalue weighted by Gasteiger charge is -2.32. The fraction of sp³-hybridized carbons (Fsp3) is 0.625. The summed E-state index contributed by atoms with van der Waals surface area (Å²) in [5.41, 5.74) is 1.25. The Labute approximate surface area is 116 Å². The SMILES string of the molecule is CC(Cc1ccccc1Cl)NC1CCCCC1C. The number of nitrogens with one attached hydrogen (secondary N) is 1. The molecule has 1 nitrogen and oxygen atoms in total. The summed E-state index contributed by atoms with van der Waals surface area (Å²) in [6.45, 7) is 4.64. The van der Waals surface area contributed by atoms with Gasteiger partial charge in [-0.1, -0.05) is 49.6 Å². The minimum absolute atomic E-state index is 0.496. The summed E-state index contributed by atoms with van der Waals surface area (Å²) in [4.78, 5) is 0. The Morgan fingerprint density at radius 1 is 1.28 bits per heavy atom. The summed E-state index contributed by atoms with van der Waals surface area (Å²) < 4.78 is 0. The predicted octanol–water partition coefficient (Wildman–Crippen LogP) is 4.44. The van der Waals surface area contributed by atoms with Crippen LogP contribution >= 0.6 is 11.6 Å². The third-order valence-corrected chi connectivity index (χ3v) is 4.46. The summed E-state index contributed by atoms with van der Waals surface area (Å²) in [6.07, 6.45) is 6.49. The van der Waals surface area contributed by atoms with Gasteiger partial charge in [-0.25, -0.2) is 0 Å². The first-order chi connectivity index (χ1) is 8.66. The first-order valence-corrected chi connectivity index (χ1v) is 7.54. The van der Waals surface area contributed by atoms with Crippen molar-refractivity contribution in [3.05, 3.63) is 34.9 Å². The smallest absolute Gasteiger partial charge is 0.0438 e. The number of rotatable bonds is 4. The number of halogens is 1. The Morgan fingerprint density at radius 3 is 2.72 bits per heavy atom. The van der Waals surface area contributed by atoms with E-state index in [9.17, 15) is 0 Å². The van der Waals surface area contributed by atoms with Gasteiger partial charge in [0.2, 0.25) is 0 Å². The van der Waals surface area contributed by atoms with Crippen LogP contribution in [0, 0.1) is 5.92 Å². The molecule has 2 heteroatoms. The third kappa shape index (κ3) is 3.73. The third-order valence-electron chi connectivity index (χ3n) is 4.09. The molecule has 18 heavy (non-hydrogen) atoms. The molecule has 3 atom stereocenters. The molecule has 0 bridgehead atoms. The first-order valence-electron chi connectivity index (χ1n) is 7.16. The Kier molecular flexibility index (Phi) is 5.08. The van der Waals surface area contributed by atoms with Crippen LogP contribution in [0.25, 0.3) is 0 Å². The van der Waals surface area contributed by atoms with Gasteiger partial charge in [0.25, 0.3) is 0 Å². The highest BCUT2D eigenvalue weighted by Crippen LogP contribution is 2.24. The van der Waals surface area contributed by atoms with Crippen LogP contribution < -0.4 is 5.32 Å². The zero-order chi connectivity index (χ0) is 13.0. The Morgan fingerprint density at radius 2 is 2.00 bits per heavy atom. The maximum absolute atomic E-state index is 6.21. The van der Waals surface area contributed by atoms with Crippen LogP contribution in [0.4, 0.5) is 0 Å². The summed E-state index contributed by atoms with van der Waals surface area (Å²) in [5.74, 6) is 0.812. The van der Waals surface area contributed by atoms with E-state index in [1.807, 2.05) is 12.1 Å². The van der Waals surface area contributed by atoms with Gasteiger partial charge in [0, 0.05) is 17.1 Å². The second-order valence-corrected chi connectivity index (χ2v) is 6.14. The molecule has 1 aromatic rings. The molecular formula is C16H24ClN. The molecule has 0 saturated heterocycles. The van der Waals surface area contributed by atoms with Gasteiger partial charge in [-0.15, -0.1) is 0 Å². The minimum atomic E-state index is 0.496. The van der Waals surface area contributed by atoms with Gasteiger partial charge in [-0.3, -0.25) is 0 Å². The van der Waals surface area contributed by atoms with Gasteiger partial charge >= 0.3 is 0 Å². The van der Waals surface area contributed by atoms with Gasteiger partial charge in [0.05, 0.1) is 0 Å². The molecular weight excluding hydrogens is 242 g/mol. The van der Waals surface area contributed by atoms with Crippen molar-refractivity contribution in [3.63, 3.8) is 0 Å². The van der Waals surface area contributed by atoms with Crippen molar-refractivity contribution >= 4 is 11.6 Å². The van der Waals surface area contributed by atoms with Crippen molar-refractivity contribution in [1.82, 2.24) is 5.32 Å². The number of benzene rings is 1. The first kappa shape index (κ1) is 13.9. The predicted molar refractivity (Wildman–Crippen MR) is 79.2 cm³/mol. The maximum Gasteiger partial charge on any atom is 0.0438 e. The van der Waals surface area contributed by atoms with Gasteiger partial charge in [0.1, 0.15) is 0 Å². The molecule has 100 valence electrons. The van der Waals surface area contributed by atoms with Crippen molar-refractivity contribution in [2.75, 3.05) is 0 Å². The van der Waals surface area contributed by atoms with E-state index in [2.05, 4.69) is 31.3 Å². The molecule has 1 saturated carbocycles. The van der Waals surface area contributed by atoms with E-state index in [1.54, 1.807) is 0 Å². The summed E-state index contributed by atoms with van der Waals surface area (Å²) in [7, 11) is 0. The van der Waals surface area contributed by atoms with Gasteiger partial charge < -0.3 is 5.32 Å². The zero-order valence-electron chi connectivity index (χ0n) is 11.5. The average Bonchev–Trinajstić information content (AvgIpc) is 2.35. The average molecular weight is 266 g/mol. The van der Waals surface area contributed by atoms with Gasteiger partial charge in [0.15, 0.2) is 0 Å². The van der Waals surface area contributed by atoms with E-state index < -0.39 is 0 Å². The van der Waals surface area contributed by atoms with Gasteiger partial charge in [-0.05, 0) is 43.7 Å². The van der Waals surface area contributed by atoms with Gasteiger partial charge in [-0.2, -0.15) is 0 Å². The van der Waals surface area contributed by atoms with E-state index in [0.29, 0.717) is 12.1 Å². The van der Waals surface area contributed by atoms with Crippen molar-refractivity contribution in [2.24, 2.45) is 5.92 Å². The van der Waals surface area contributed by atoms with Crippen LogP contribution in [-0.4, -0.2) is 12.1 Å². The van der Waals surface area contributed by atoms with E-state index in [-0.39, 0.29) is 0 Å². The molecule has 2 rings (SSSR count). The molecule has 1 N–H and O–H groups in total. The van der Waals surface area contributed by atoms with Crippen LogP contribution in [0.2, 0.25) is 5.02 Å². The molecule has 0 radical (unpaired) electrons. The molecule has 1 aliphatic rings. The summed E-state index contributed by atoms with van der Waals surface area (Å²) in [5, 5.41) is 4.68. The maximum atomic E-state index is 6.21. The molecule has 1 fully saturated rings. The molecule has 0 aliphatic heterocycles. The molecule has 0 aromatic heterocycles. The molecule has 0 heterocycles. The Bertz CT molecular complexity index is 377. The van der Waals surface area contributed by atoms with Crippen LogP contribution in [0.15, 0.2) is 24.3 Å². The van der Waals surface area contributed by atoms with E-state index >= 15 is 0 Å². The second-order valence-electron chi connectivity index (χ2n) is 5.73. The fourth-order valence-corrected chi connectivity index (χ4v) is 3.19. The van der Waals surface area contributed by atoms with Crippen LogP contribution in [0.3, 0.4) is 0 Å². The van der Waals surface area contributed by atoms with Crippen molar-refractivity contribution in [3.8, 4) is 0 Å². The quantitative estimate of drug-likeness (QED) is 0.849. The molecule has 0 spiro atoms. The highest BCUT2D eigenvalue weighted by atomic mass is 35.5. The molecule has 3 unspecified atom stereocenters. The van der Waals surface area contributed by atoms with Crippen LogP contribution in [0.1, 0.15) is 45.1 Å².